The van der Waals surface area contributed by atoms with Crippen molar-refractivity contribution in [2.75, 3.05) is 13.2 Å². The molecule has 0 bridgehead atoms. The van der Waals surface area contributed by atoms with Crippen LogP contribution in [-0.2, 0) is 6.54 Å². The molecule has 0 aromatic carbocycles. The van der Waals surface area contributed by atoms with Crippen LogP contribution in [0.3, 0.4) is 0 Å². The molecule has 0 saturated carbocycles. The van der Waals surface area contributed by atoms with E-state index >= 15 is 0 Å². The Kier molecular flexibility index (Phi) is 4.84. The molecule has 0 spiro atoms. The number of nitrogens with one attached hydrogen (secondary N) is 1. The average Bonchev–Trinajstić information content (AvgIpc) is 2.35. The van der Waals surface area contributed by atoms with Gasteiger partial charge in [0.1, 0.15) is 0 Å². The standard InChI is InChI=1S/C10H15N3O3/c11-4-8-3-7(1-2-12-8)10(16)13-9(5-14)6-15/h1-3,9,14-15H,4-6,11H2,(H,13,16). The second-order valence-electron chi connectivity index (χ2n) is 3.28. The van der Waals surface area contributed by atoms with Crippen molar-refractivity contribution < 1.29 is 15.0 Å². The lowest BCUT2D eigenvalue weighted by atomic mass is 10.2. The Labute approximate surface area is 93.1 Å². The molecule has 1 aromatic rings. The van der Waals surface area contributed by atoms with Gasteiger partial charge in [-0.15, -0.1) is 0 Å². The van der Waals surface area contributed by atoms with Crippen LogP contribution in [0.5, 0.6) is 0 Å². The van der Waals surface area contributed by atoms with E-state index in [0.717, 1.165) is 0 Å². The summed E-state index contributed by atoms with van der Waals surface area (Å²) >= 11 is 0. The van der Waals surface area contributed by atoms with Gasteiger partial charge in [-0.25, -0.2) is 0 Å². The largest absolute Gasteiger partial charge is 0.394 e. The number of aliphatic hydroxyl groups excluding tert-OH is 2. The first-order chi connectivity index (χ1) is 7.71. The highest BCUT2D eigenvalue weighted by Crippen LogP contribution is 2.01. The number of aliphatic hydroxyl groups is 2. The average molecular weight is 225 g/mol. The third kappa shape index (κ3) is 3.27. The number of carbonyl (C=O) groups excluding carboxylic acids is 1. The maximum absolute atomic E-state index is 11.6. The maximum Gasteiger partial charge on any atom is 0.251 e. The molecule has 0 fully saturated rings. The van der Waals surface area contributed by atoms with Crippen molar-refractivity contribution in [3.63, 3.8) is 0 Å². The van der Waals surface area contributed by atoms with Crippen LogP contribution in [0.4, 0.5) is 0 Å². The number of aromatic nitrogens is 1. The third-order valence-corrected chi connectivity index (χ3v) is 2.06. The highest BCUT2D eigenvalue weighted by molar-refractivity contribution is 5.94. The topological polar surface area (TPSA) is 108 Å². The van der Waals surface area contributed by atoms with E-state index in [1.54, 1.807) is 12.1 Å². The molecular formula is C10H15N3O3. The van der Waals surface area contributed by atoms with Gasteiger partial charge in [-0.05, 0) is 12.1 Å². The van der Waals surface area contributed by atoms with Crippen LogP contribution in [0.15, 0.2) is 18.3 Å². The van der Waals surface area contributed by atoms with Crippen LogP contribution in [0.1, 0.15) is 16.1 Å². The van der Waals surface area contributed by atoms with Crippen LogP contribution in [0, 0.1) is 0 Å². The highest BCUT2D eigenvalue weighted by Gasteiger charge is 2.12. The molecule has 0 saturated heterocycles. The second-order valence-corrected chi connectivity index (χ2v) is 3.28. The molecular weight excluding hydrogens is 210 g/mol. The fraction of sp³-hybridized carbons (Fsp3) is 0.400. The molecule has 0 aliphatic heterocycles. The van der Waals surface area contributed by atoms with E-state index in [4.69, 9.17) is 15.9 Å². The summed E-state index contributed by atoms with van der Waals surface area (Å²) in [6.07, 6.45) is 1.49. The van der Waals surface area contributed by atoms with Gasteiger partial charge in [0.05, 0.1) is 24.9 Å². The van der Waals surface area contributed by atoms with E-state index in [0.29, 0.717) is 11.3 Å². The van der Waals surface area contributed by atoms with E-state index in [9.17, 15) is 4.79 Å². The number of rotatable bonds is 5. The summed E-state index contributed by atoms with van der Waals surface area (Å²) in [4.78, 5) is 15.6. The van der Waals surface area contributed by atoms with Gasteiger partial charge in [0.25, 0.3) is 5.91 Å². The van der Waals surface area contributed by atoms with Crippen molar-refractivity contribution in [2.45, 2.75) is 12.6 Å². The molecule has 0 atom stereocenters. The number of amides is 1. The molecule has 1 rings (SSSR count). The van der Waals surface area contributed by atoms with Crippen LogP contribution in [-0.4, -0.2) is 40.4 Å². The lowest BCUT2D eigenvalue weighted by Gasteiger charge is -2.13. The smallest absolute Gasteiger partial charge is 0.251 e. The molecule has 16 heavy (non-hydrogen) atoms. The summed E-state index contributed by atoms with van der Waals surface area (Å²) in [7, 11) is 0. The monoisotopic (exact) mass is 225 g/mol. The van der Waals surface area contributed by atoms with E-state index in [1.807, 2.05) is 0 Å². The molecule has 5 N–H and O–H groups in total. The lowest BCUT2D eigenvalue weighted by Crippen LogP contribution is -2.40. The normalized spacial score (nSPS) is 10.5. The van der Waals surface area contributed by atoms with Gasteiger partial charge in [0.15, 0.2) is 0 Å². The Morgan fingerprint density at radius 1 is 1.50 bits per heavy atom. The van der Waals surface area contributed by atoms with Gasteiger partial charge in [-0.3, -0.25) is 9.78 Å². The summed E-state index contributed by atoms with van der Waals surface area (Å²) in [6, 6.07) is 2.46. The van der Waals surface area contributed by atoms with E-state index in [1.165, 1.54) is 6.20 Å². The van der Waals surface area contributed by atoms with Gasteiger partial charge in [0.2, 0.25) is 0 Å². The SMILES string of the molecule is NCc1cc(C(=O)NC(CO)CO)ccn1. The first-order valence-corrected chi connectivity index (χ1v) is 4.88. The maximum atomic E-state index is 11.6. The molecule has 6 heteroatoms. The van der Waals surface area contributed by atoms with Crippen molar-refractivity contribution in [3.05, 3.63) is 29.6 Å². The molecule has 0 radical (unpaired) electrons. The van der Waals surface area contributed by atoms with Crippen LogP contribution in [0.25, 0.3) is 0 Å². The van der Waals surface area contributed by atoms with E-state index in [2.05, 4.69) is 10.3 Å². The van der Waals surface area contributed by atoms with Crippen molar-refractivity contribution >= 4 is 5.91 Å². The van der Waals surface area contributed by atoms with Crippen LogP contribution in [0.2, 0.25) is 0 Å². The number of nitrogens with two attached hydrogens (primary N) is 1. The zero-order valence-electron chi connectivity index (χ0n) is 8.76. The minimum absolute atomic E-state index is 0.255. The summed E-state index contributed by atoms with van der Waals surface area (Å²) in [6.45, 7) is -0.362. The van der Waals surface area contributed by atoms with Crippen molar-refractivity contribution in [2.24, 2.45) is 5.73 Å². The van der Waals surface area contributed by atoms with Gasteiger partial charge in [0, 0.05) is 18.3 Å². The molecule has 0 aliphatic rings. The summed E-state index contributed by atoms with van der Waals surface area (Å²) in [5.74, 6) is -0.370. The first kappa shape index (κ1) is 12.6. The van der Waals surface area contributed by atoms with E-state index in [-0.39, 0.29) is 25.7 Å². The Morgan fingerprint density at radius 2 is 2.19 bits per heavy atom. The van der Waals surface area contributed by atoms with Gasteiger partial charge in [-0.2, -0.15) is 0 Å². The number of hydrogen-bond acceptors (Lipinski definition) is 5. The fourth-order valence-electron chi connectivity index (χ4n) is 1.15. The van der Waals surface area contributed by atoms with E-state index < -0.39 is 6.04 Å². The third-order valence-electron chi connectivity index (χ3n) is 2.06. The van der Waals surface area contributed by atoms with Gasteiger partial charge >= 0.3 is 0 Å². The summed E-state index contributed by atoms with van der Waals surface area (Å²) in [5, 5.41) is 20.1. The molecule has 88 valence electrons. The minimum atomic E-state index is -0.651. The molecule has 1 heterocycles. The van der Waals surface area contributed by atoms with Crippen molar-refractivity contribution in [3.8, 4) is 0 Å². The highest BCUT2D eigenvalue weighted by atomic mass is 16.3. The summed E-state index contributed by atoms with van der Waals surface area (Å²) in [5.41, 5.74) is 6.41. The summed E-state index contributed by atoms with van der Waals surface area (Å²) < 4.78 is 0. The lowest BCUT2D eigenvalue weighted by molar-refractivity contribution is 0.0879. The first-order valence-electron chi connectivity index (χ1n) is 4.88. The molecule has 6 nitrogen and oxygen atoms in total. The van der Waals surface area contributed by atoms with Crippen molar-refractivity contribution in [1.29, 1.82) is 0 Å². The quantitative estimate of drug-likeness (QED) is 0.494. The molecule has 1 aromatic heterocycles. The van der Waals surface area contributed by atoms with Crippen LogP contribution < -0.4 is 11.1 Å². The number of hydrogen-bond donors (Lipinski definition) is 4. The minimum Gasteiger partial charge on any atom is -0.394 e. The molecule has 0 unspecified atom stereocenters. The predicted molar refractivity (Wildman–Crippen MR) is 57.6 cm³/mol. The Morgan fingerprint density at radius 3 is 2.75 bits per heavy atom. The second kappa shape index (κ2) is 6.16. The van der Waals surface area contributed by atoms with Crippen molar-refractivity contribution in [1.82, 2.24) is 10.3 Å². The fourth-order valence-corrected chi connectivity index (χ4v) is 1.15. The Bertz CT molecular complexity index is 353. The zero-order chi connectivity index (χ0) is 12.0. The molecule has 1 amide bonds. The number of pyridine rings is 1. The number of nitrogens with zero attached hydrogens (tertiary/aromatic N) is 1. The number of carbonyl (C=O) groups is 1. The molecule has 0 aliphatic carbocycles. The van der Waals surface area contributed by atoms with Gasteiger partial charge in [-0.1, -0.05) is 0 Å². The predicted octanol–water partition coefficient (Wildman–Crippen LogP) is -1.38. The Balaban J connectivity index is 2.72. The van der Waals surface area contributed by atoms with Gasteiger partial charge < -0.3 is 21.3 Å². The van der Waals surface area contributed by atoms with Crippen LogP contribution >= 0.6 is 0 Å². The zero-order valence-corrected chi connectivity index (χ0v) is 8.76. The Hall–Kier alpha value is -1.50.